The predicted molar refractivity (Wildman–Crippen MR) is 90.4 cm³/mol. The number of nitrogens with two attached hydrogens (primary N) is 1. The molecule has 0 radical (unpaired) electrons. The van der Waals surface area contributed by atoms with Gasteiger partial charge >= 0.3 is 29.6 Å². The Kier molecular flexibility index (Phi) is 7.86. The molecule has 0 fully saturated rings. The van der Waals surface area contributed by atoms with Crippen LogP contribution >= 0.6 is 11.6 Å². The first-order chi connectivity index (χ1) is 11.2. The average molecular weight is 392 g/mol. The zero-order valence-electron chi connectivity index (χ0n) is 14.0. The summed E-state index contributed by atoms with van der Waals surface area (Å²) < 4.78 is 38.8. The predicted octanol–water partition coefficient (Wildman–Crippen LogP) is 0.953. The Morgan fingerprint density at radius 2 is 1.92 bits per heavy atom. The van der Waals surface area contributed by atoms with Gasteiger partial charge in [-0.25, -0.2) is 8.42 Å². The molecule has 0 aliphatic heterocycles. The molecule has 128 valence electrons. The minimum absolute atomic E-state index is 0. The number of hydrogen-bond acceptors (Lipinski definition) is 7. The molecule has 0 atom stereocenters. The molecule has 0 bridgehead atoms. The van der Waals surface area contributed by atoms with Crippen molar-refractivity contribution in [2.75, 3.05) is 12.3 Å². The molecule has 0 aliphatic rings. The first kappa shape index (κ1) is 21.9. The topological polar surface area (TPSA) is 117 Å². The molecule has 25 heavy (non-hydrogen) atoms. The summed E-state index contributed by atoms with van der Waals surface area (Å²) in [5.74, 6) is 0.482. The van der Waals surface area contributed by atoms with Gasteiger partial charge in [0.2, 0.25) is 0 Å². The van der Waals surface area contributed by atoms with Crippen molar-refractivity contribution in [2.45, 2.75) is 18.7 Å². The third kappa shape index (κ3) is 5.67. The van der Waals surface area contributed by atoms with Crippen LogP contribution in [0.3, 0.4) is 0 Å². The van der Waals surface area contributed by atoms with E-state index in [0.717, 1.165) is 11.6 Å². The maximum Gasteiger partial charge on any atom is 1.00 e. The standard InChI is InChI=1S/C15H16ClN3O4S.Na/c1-3-23-14-8-13(9(2)6-12(14)17)19-18-10-4-5-11(16)15(7-10)24(20,21)22;/h4-8H,3,17H2,1-2H3,(H,20,21,22);/q;+1/p-1. The number of hydrogen-bond donors (Lipinski definition) is 1. The van der Waals surface area contributed by atoms with Crippen molar-refractivity contribution in [3.05, 3.63) is 40.9 Å². The fraction of sp³-hybridized carbons (Fsp3) is 0.200. The molecule has 0 saturated heterocycles. The Morgan fingerprint density at radius 3 is 2.52 bits per heavy atom. The SMILES string of the molecule is CCOc1cc(N=Nc2ccc(Cl)c(S(=O)(=O)[O-])c2)c(C)cc1N.[Na+]. The van der Waals surface area contributed by atoms with Gasteiger partial charge in [0.1, 0.15) is 15.9 Å². The molecule has 2 aromatic rings. The van der Waals surface area contributed by atoms with Crippen molar-refractivity contribution in [2.24, 2.45) is 10.2 Å². The van der Waals surface area contributed by atoms with Gasteiger partial charge in [-0.2, -0.15) is 10.2 Å². The van der Waals surface area contributed by atoms with E-state index in [1.807, 2.05) is 6.92 Å². The van der Waals surface area contributed by atoms with Crippen LogP contribution in [0.15, 0.2) is 45.5 Å². The number of aryl methyl sites for hydroxylation is 1. The van der Waals surface area contributed by atoms with E-state index < -0.39 is 15.0 Å². The Balaban J connectivity index is 0.00000312. The quantitative estimate of drug-likeness (QED) is 0.352. The summed E-state index contributed by atoms with van der Waals surface area (Å²) in [6.07, 6.45) is 0. The molecule has 7 nitrogen and oxygen atoms in total. The maximum atomic E-state index is 11.1. The summed E-state index contributed by atoms with van der Waals surface area (Å²) in [5.41, 5.74) is 7.80. The second kappa shape index (κ2) is 8.98. The number of nitrogen functional groups attached to an aromatic ring is 1. The monoisotopic (exact) mass is 391 g/mol. The van der Waals surface area contributed by atoms with Crippen molar-refractivity contribution in [3.63, 3.8) is 0 Å². The summed E-state index contributed by atoms with van der Waals surface area (Å²) in [4.78, 5) is -0.537. The summed E-state index contributed by atoms with van der Waals surface area (Å²) >= 11 is 5.71. The Morgan fingerprint density at radius 1 is 1.24 bits per heavy atom. The molecule has 0 aliphatic carbocycles. The third-order valence-corrected chi connectivity index (χ3v) is 4.40. The summed E-state index contributed by atoms with van der Waals surface area (Å²) in [6.45, 7) is 4.08. The maximum absolute atomic E-state index is 11.1. The molecule has 2 rings (SSSR count). The normalized spacial score (nSPS) is 11.4. The van der Waals surface area contributed by atoms with Gasteiger partial charge in [-0.1, -0.05) is 11.6 Å². The Labute approximate surface area is 173 Å². The van der Waals surface area contributed by atoms with Crippen molar-refractivity contribution >= 4 is 38.8 Å². The number of halogens is 1. The van der Waals surface area contributed by atoms with Crippen molar-refractivity contribution in [1.82, 2.24) is 0 Å². The number of benzene rings is 2. The van der Waals surface area contributed by atoms with Crippen LogP contribution in [0.2, 0.25) is 5.02 Å². The fourth-order valence-electron chi connectivity index (χ4n) is 1.95. The molecule has 0 saturated carbocycles. The van der Waals surface area contributed by atoms with Crippen LogP contribution in [0.4, 0.5) is 17.1 Å². The first-order valence-electron chi connectivity index (χ1n) is 6.92. The van der Waals surface area contributed by atoms with E-state index in [1.54, 1.807) is 19.1 Å². The summed E-state index contributed by atoms with van der Waals surface area (Å²) in [5, 5.41) is 7.85. The molecule has 0 amide bonds. The van der Waals surface area contributed by atoms with Crippen LogP contribution < -0.4 is 40.0 Å². The molecular weight excluding hydrogens is 377 g/mol. The fourth-order valence-corrected chi connectivity index (χ4v) is 2.92. The number of ether oxygens (including phenoxy) is 1. The molecule has 0 unspecified atom stereocenters. The van der Waals surface area contributed by atoms with E-state index in [0.29, 0.717) is 23.7 Å². The first-order valence-corrected chi connectivity index (χ1v) is 8.71. The largest absolute Gasteiger partial charge is 1.00 e. The summed E-state index contributed by atoms with van der Waals surface area (Å²) in [7, 11) is -4.69. The molecule has 0 aromatic heterocycles. The molecule has 10 heteroatoms. The van der Waals surface area contributed by atoms with Crippen LogP contribution in [0, 0.1) is 6.92 Å². The molecule has 2 N–H and O–H groups in total. The van der Waals surface area contributed by atoms with Crippen molar-refractivity contribution in [1.29, 1.82) is 0 Å². The van der Waals surface area contributed by atoms with E-state index in [1.165, 1.54) is 12.1 Å². The van der Waals surface area contributed by atoms with E-state index in [-0.39, 0.29) is 40.3 Å². The van der Waals surface area contributed by atoms with Crippen LogP contribution in [-0.4, -0.2) is 19.6 Å². The van der Waals surface area contributed by atoms with E-state index in [4.69, 9.17) is 22.1 Å². The number of anilines is 1. The van der Waals surface area contributed by atoms with Crippen LogP contribution in [0.1, 0.15) is 12.5 Å². The molecule has 0 spiro atoms. The second-order valence-corrected chi connectivity index (χ2v) is 6.63. The second-order valence-electron chi connectivity index (χ2n) is 4.88. The number of nitrogens with zero attached hydrogens (tertiary/aromatic N) is 2. The van der Waals surface area contributed by atoms with Crippen LogP contribution in [-0.2, 0) is 10.1 Å². The number of rotatable bonds is 5. The van der Waals surface area contributed by atoms with Gasteiger partial charge in [-0.05, 0) is 43.7 Å². The van der Waals surface area contributed by atoms with Crippen LogP contribution in [0.25, 0.3) is 0 Å². The summed E-state index contributed by atoms with van der Waals surface area (Å²) in [6, 6.07) is 7.15. The van der Waals surface area contributed by atoms with Gasteiger partial charge < -0.3 is 15.0 Å². The van der Waals surface area contributed by atoms with Crippen molar-refractivity contribution < 1.29 is 47.3 Å². The average Bonchev–Trinajstić information content (AvgIpc) is 2.49. The minimum atomic E-state index is -4.69. The van der Waals surface area contributed by atoms with Gasteiger partial charge in [0, 0.05) is 6.07 Å². The van der Waals surface area contributed by atoms with Gasteiger partial charge in [0.25, 0.3) is 0 Å². The van der Waals surface area contributed by atoms with E-state index >= 15 is 0 Å². The van der Waals surface area contributed by atoms with Gasteiger partial charge in [0.05, 0.1) is 33.6 Å². The van der Waals surface area contributed by atoms with E-state index in [2.05, 4.69) is 10.2 Å². The third-order valence-electron chi connectivity index (χ3n) is 3.09. The zero-order valence-corrected chi connectivity index (χ0v) is 17.6. The molecule has 2 aromatic carbocycles. The Bertz CT molecular complexity index is 904. The smallest absolute Gasteiger partial charge is 0.744 e. The minimum Gasteiger partial charge on any atom is -0.744 e. The Hall–Kier alpha value is -1.16. The number of azo groups is 1. The van der Waals surface area contributed by atoms with Gasteiger partial charge in [0.15, 0.2) is 0 Å². The van der Waals surface area contributed by atoms with Crippen LogP contribution in [0.5, 0.6) is 5.75 Å². The molecule has 0 heterocycles. The van der Waals surface area contributed by atoms with Crippen molar-refractivity contribution in [3.8, 4) is 5.75 Å². The van der Waals surface area contributed by atoms with E-state index in [9.17, 15) is 13.0 Å². The van der Waals surface area contributed by atoms with Gasteiger partial charge in [-0.15, -0.1) is 0 Å². The molecular formula is C15H15ClN3NaO4S. The zero-order chi connectivity index (χ0) is 17.9. The van der Waals surface area contributed by atoms with Gasteiger partial charge in [-0.3, -0.25) is 0 Å².